The van der Waals surface area contributed by atoms with Crippen molar-refractivity contribution in [1.29, 1.82) is 0 Å². The van der Waals surface area contributed by atoms with Crippen LogP contribution in [-0.2, 0) is 16.0 Å². The number of ether oxygens (including phenoxy) is 1. The molecule has 3 atom stereocenters. The van der Waals surface area contributed by atoms with Crippen molar-refractivity contribution in [3.8, 4) is 0 Å². The molecule has 1 saturated heterocycles. The topological polar surface area (TPSA) is 96.4 Å². The Labute approximate surface area is 219 Å². The van der Waals surface area contributed by atoms with Gasteiger partial charge < -0.3 is 19.5 Å². The molecule has 1 aliphatic rings. The predicted octanol–water partition coefficient (Wildman–Crippen LogP) is 4.77. The Hall–Kier alpha value is -3.36. The molecule has 0 bridgehead atoms. The van der Waals surface area contributed by atoms with Gasteiger partial charge in [0.05, 0.1) is 5.69 Å². The summed E-state index contributed by atoms with van der Waals surface area (Å²) < 4.78 is 7.25. The molecule has 0 saturated carbocycles. The van der Waals surface area contributed by atoms with Gasteiger partial charge in [0.2, 0.25) is 5.91 Å². The lowest BCUT2D eigenvalue weighted by Crippen LogP contribution is -2.53. The molecule has 37 heavy (non-hydrogen) atoms. The number of benzene rings is 1. The summed E-state index contributed by atoms with van der Waals surface area (Å²) in [6.45, 7) is 13.9. The van der Waals surface area contributed by atoms with E-state index in [9.17, 15) is 9.59 Å². The van der Waals surface area contributed by atoms with Crippen LogP contribution >= 0.6 is 0 Å². The van der Waals surface area contributed by atoms with Gasteiger partial charge >= 0.3 is 6.09 Å². The van der Waals surface area contributed by atoms with Gasteiger partial charge in [-0.15, -0.1) is 5.10 Å². The number of aromatic nitrogens is 4. The molecule has 200 valence electrons. The van der Waals surface area contributed by atoms with E-state index in [1.165, 1.54) is 0 Å². The van der Waals surface area contributed by atoms with E-state index in [1.807, 2.05) is 56.3 Å². The molecule has 9 heteroatoms. The van der Waals surface area contributed by atoms with Gasteiger partial charge in [-0.3, -0.25) is 4.79 Å². The number of carbonyl (C=O) groups is 2. The summed E-state index contributed by atoms with van der Waals surface area (Å²) in [5.41, 5.74) is 2.46. The third-order valence-corrected chi connectivity index (χ3v) is 7.43. The minimum Gasteiger partial charge on any atom is -0.444 e. The van der Waals surface area contributed by atoms with Crippen LogP contribution in [-0.4, -0.2) is 73.6 Å². The Balaban J connectivity index is 1.55. The highest BCUT2D eigenvalue weighted by Crippen LogP contribution is 2.28. The van der Waals surface area contributed by atoms with Gasteiger partial charge in [-0.25, -0.2) is 9.48 Å². The maximum atomic E-state index is 13.9. The van der Waals surface area contributed by atoms with Crippen LogP contribution in [0.2, 0.25) is 0 Å². The fourth-order valence-electron chi connectivity index (χ4n) is 4.75. The molecule has 1 unspecified atom stereocenters. The molecular weight excluding hydrogens is 468 g/mol. The normalized spacial score (nSPS) is 17.0. The lowest BCUT2D eigenvalue weighted by atomic mass is 9.91. The minimum atomic E-state index is -0.550. The number of amides is 2. The standard InChI is InChI=1S/C28H40N6O3/c1-7-19(2)20(3)24-18-34(31-30-24)25(16-21-17-29-23-11-9-8-10-22(21)23)26(35)32-12-14-33(15-13-32)27(36)37-28(4,5)6/h8-11,17-20,25,29H,7,12-16H2,1-6H3/t19?,20-,25-/m0/s1. The van der Waals surface area contributed by atoms with Crippen molar-refractivity contribution in [3.05, 3.63) is 47.9 Å². The number of rotatable bonds is 7. The van der Waals surface area contributed by atoms with Crippen LogP contribution in [0.3, 0.4) is 0 Å². The predicted molar refractivity (Wildman–Crippen MR) is 143 cm³/mol. The van der Waals surface area contributed by atoms with E-state index >= 15 is 0 Å². The number of aromatic amines is 1. The Bertz CT molecular complexity index is 1220. The first kappa shape index (κ1) is 26.7. The first-order chi connectivity index (χ1) is 17.6. The highest BCUT2D eigenvalue weighted by atomic mass is 16.6. The summed E-state index contributed by atoms with van der Waals surface area (Å²) in [5, 5.41) is 10.00. The molecule has 1 aromatic carbocycles. The summed E-state index contributed by atoms with van der Waals surface area (Å²) in [6, 6.07) is 7.58. The molecule has 0 spiro atoms. The van der Waals surface area contributed by atoms with Gasteiger partial charge in [-0.05, 0) is 38.3 Å². The second-order valence-corrected chi connectivity index (χ2v) is 11.2. The maximum absolute atomic E-state index is 13.9. The lowest BCUT2D eigenvalue weighted by Gasteiger charge is -2.37. The van der Waals surface area contributed by atoms with Crippen LogP contribution in [0.25, 0.3) is 10.9 Å². The Morgan fingerprint density at radius 2 is 1.76 bits per heavy atom. The van der Waals surface area contributed by atoms with Gasteiger partial charge in [0, 0.05) is 61.8 Å². The molecule has 9 nitrogen and oxygen atoms in total. The monoisotopic (exact) mass is 508 g/mol. The smallest absolute Gasteiger partial charge is 0.410 e. The Kier molecular flexibility index (Phi) is 7.90. The lowest BCUT2D eigenvalue weighted by molar-refractivity contribution is -0.136. The van der Waals surface area contributed by atoms with Crippen molar-refractivity contribution < 1.29 is 14.3 Å². The molecule has 1 N–H and O–H groups in total. The SMILES string of the molecule is CCC(C)[C@H](C)c1cn([C@@H](Cc2c[nH]c3ccccc23)C(=O)N2CCN(C(=O)OC(C)(C)C)CC2)nn1. The number of piperazine rings is 1. The number of H-pyrrole nitrogens is 1. The van der Waals surface area contributed by atoms with Crippen LogP contribution in [0.4, 0.5) is 4.79 Å². The van der Waals surface area contributed by atoms with Gasteiger partial charge in [-0.2, -0.15) is 0 Å². The molecule has 4 rings (SSSR count). The van der Waals surface area contributed by atoms with Gasteiger partial charge in [0.15, 0.2) is 0 Å². The number of nitrogens with one attached hydrogen (secondary N) is 1. The van der Waals surface area contributed by atoms with Gasteiger partial charge in [0.1, 0.15) is 11.6 Å². The van der Waals surface area contributed by atoms with E-state index in [-0.39, 0.29) is 17.9 Å². The van der Waals surface area contributed by atoms with Crippen LogP contribution < -0.4 is 0 Å². The van der Waals surface area contributed by atoms with E-state index in [0.29, 0.717) is 38.5 Å². The van der Waals surface area contributed by atoms with E-state index in [4.69, 9.17) is 4.74 Å². The van der Waals surface area contributed by atoms with Gasteiger partial charge in [0.25, 0.3) is 0 Å². The number of para-hydroxylation sites is 1. The highest BCUT2D eigenvalue weighted by molar-refractivity contribution is 5.85. The van der Waals surface area contributed by atoms with Crippen molar-refractivity contribution in [2.75, 3.05) is 26.2 Å². The molecule has 3 heterocycles. The zero-order chi connectivity index (χ0) is 26.7. The van der Waals surface area contributed by atoms with Crippen LogP contribution in [0.5, 0.6) is 0 Å². The van der Waals surface area contributed by atoms with Crippen LogP contribution in [0, 0.1) is 5.92 Å². The second kappa shape index (κ2) is 10.9. The summed E-state index contributed by atoms with van der Waals surface area (Å²) >= 11 is 0. The first-order valence-electron chi connectivity index (χ1n) is 13.3. The molecule has 1 fully saturated rings. The first-order valence-corrected chi connectivity index (χ1v) is 13.3. The molecule has 0 radical (unpaired) electrons. The van der Waals surface area contributed by atoms with Crippen molar-refractivity contribution >= 4 is 22.9 Å². The number of hydrogen-bond donors (Lipinski definition) is 1. The van der Waals surface area contributed by atoms with Crippen molar-refractivity contribution in [2.45, 2.75) is 71.9 Å². The zero-order valence-electron chi connectivity index (χ0n) is 22.9. The fraction of sp³-hybridized carbons (Fsp3) is 0.571. The van der Waals surface area contributed by atoms with Crippen molar-refractivity contribution in [2.24, 2.45) is 5.92 Å². The average Bonchev–Trinajstić information content (AvgIpc) is 3.52. The van der Waals surface area contributed by atoms with E-state index in [2.05, 4.69) is 42.1 Å². The van der Waals surface area contributed by atoms with Gasteiger partial charge in [-0.1, -0.05) is 50.6 Å². The fourth-order valence-corrected chi connectivity index (χ4v) is 4.75. The molecular formula is C28H40N6O3. The molecule has 0 aliphatic carbocycles. The summed E-state index contributed by atoms with van der Waals surface area (Å²) in [5.74, 6) is 0.704. The highest BCUT2D eigenvalue weighted by Gasteiger charge is 2.33. The Morgan fingerprint density at radius 1 is 1.08 bits per heavy atom. The van der Waals surface area contributed by atoms with Crippen molar-refractivity contribution in [1.82, 2.24) is 29.8 Å². The van der Waals surface area contributed by atoms with Crippen LogP contribution in [0.15, 0.2) is 36.7 Å². The number of hydrogen-bond acceptors (Lipinski definition) is 5. The van der Waals surface area contributed by atoms with E-state index in [0.717, 1.165) is 28.6 Å². The van der Waals surface area contributed by atoms with E-state index < -0.39 is 11.6 Å². The second-order valence-electron chi connectivity index (χ2n) is 11.2. The number of nitrogens with zero attached hydrogens (tertiary/aromatic N) is 5. The third-order valence-electron chi connectivity index (χ3n) is 7.43. The van der Waals surface area contributed by atoms with Crippen molar-refractivity contribution in [3.63, 3.8) is 0 Å². The maximum Gasteiger partial charge on any atom is 0.410 e. The molecule has 2 aromatic heterocycles. The largest absolute Gasteiger partial charge is 0.444 e. The minimum absolute atomic E-state index is 0.0123. The zero-order valence-corrected chi connectivity index (χ0v) is 22.9. The summed E-state index contributed by atoms with van der Waals surface area (Å²) in [4.78, 5) is 33.3. The average molecular weight is 509 g/mol. The number of carbonyl (C=O) groups excluding carboxylic acids is 2. The number of fused-ring (bicyclic) bond motifs is 1. The Morgan fingerprint density at radius 3 is 2.43 bits per heavy atom. The third kappa shape index (κ3) is 6.14. The molecule has 3 aromatic rings. The van der Waals surface area contributed by atoms with Crippen LogP contribution in [0.1, 0.15) is 71.2 Å². The molecule has 1 aliphatic heterocycles. The summed E-state index contributed by atoms with van der Waals surface area (Å²) in [7, 11) is 0. The summed E-state index contributed by atoms with van der Waals surface area (Å²) in [6.07, 6.45) is 5.12. The molecule has 2 amide bonds. The quantitative estimate of drug-likeness (QED) is 0.496. The van der Waals surface area contributed by atoms with E-state index in [1.54, 1.807) is 9.58 Å².